The van der Waals surface area contributed by atoms with Gasteiger partial charge in [-0.25, -0.2) is 8.42 Å². The summed E-state index contributed by atoms with van der Waals surface area (Å²) in [5.74, 6) is 0.228. The first-order chi connectivity index (χ1) is 14.3. The van der Waals surface area contributed by atoms with Gasteiger partial charge in [-0.1, -0.05) is 35.9 Å². The molecule has 0 fully saturated rings. The molecule has 0 spiro atoms. The number of amides is 1. The van der Waals surface area contributed by atoms with Crippen LogP contribution < -0.4 is 10.1 Å². The van der Waals surface area contributed by atoms with Crippen LogP contribution in [0.3, 0.4) is 0 Å². The van der Waals surface area contributed by atoms with Gasteiger partial charge < -0.3 is 10.1 Å². The zero-order valence-electron chi connectivity index (χ0n) is 17.1. The average Bonchev–Trinajstić information content (AvgIpc) is 2.74. The lowest BCUT2D eigenvalue weighted by Gasteiger charge is -2.19. The highest BCUT2D eigenvalue weighted by Crippen LogP contribution is 2.25. The largest absolute Gasteiger partial charge is 0.496 e. The van der Waals surface area contributed by atoms with Gasteiger partial charge in [-0.2, -0.15) is 4.31 Å². The third-order valence-electron chi connectivity index (χ3n) is 4.70. The fourth-order valence-corrected chi connectivity index (χ4v) is 4.13. The summed E-state index contributed by atoms with van der Waals surface area (Å²) in [7, 11) is -0.667. The Morgan fingerprint density at radius 3 is 2.30 bits per heavy atom. The Kier molecular flexibility index (Phi) is 6.54. The molecular weight excluding hydrogens is 400 g/mol. The number of para-hydroxylation sites is 1. The van der Waals surface area contributed by atoms with Crippen molar-refractivity contribution in [3.63, 3.8) is 0 Å². The summed E-state index contributed by atoms with van der Waals surface area (Å²) in [4.78, 5) is 12.8. The standard InChI is InChI=1S/C23H24N2O4S/c1-17-9-12-21(13-10-17)30(27,28)25(2)16-19-15-18(11-14-22(19)29-3)23(26)24-20-7-5-4-6-8-20/h4-15H,16H2,1-3H3,(H,24,26). The van der Waals surface area contributed by atoms with Crippen LogP contribution >= 0.6 is 0 Å². The van der Waals surface area contributed by atoms with Gasteiger partial charge in [0.05, 0.1) is 12.0 Å². The summed E-state index contributed by atoms with van der Waals surface area (Å²) in [5, 5.41) is 2.83. The van der Waals surface area contributed by atoms with Gasteiger partial charge in [-0.15, -0.1) is 0 Å². The number of benzene rings is 3. The summed E-state index contributed by atoms with van der Waals surface area (Å²) in [5.41, 5.74) is 2.67. The van der Waals surface area contributed by atoms with Gasteiger partial charge in [0.2, 0.25) is 10.0 Å². The van der Waals surface area contributed by atoms with Crippen molar-refractivity contribution < 1.29 is 17.9 Å². The molecule has 0 aromatic heterocycles. The molecule has 3 rings (SSSR count). The highest BCUT2D eigenvalue weighted by molar-refractivity contribution is 7.89. The molecule has 0 aliphatic heterocycles. The van der Waals surface area contributed by atoms with Crippen molar-refractivity contribution in [3.8, 4) is 5.75 Å². The minimum absolute atomic E-state index is 0.0613. The van der Waals surface area contributed by atoms with Crippen LogP contribution in [0.25, 0.3) is 0 Å². The predicted octanol–water partition coefficient (Wildman–Crippen LogP) is 4.08. The fraction of sp³-hybridized carbons (Fsp3) is 0.174. The first kappa shape index (κ1) is 21.5. The van der Waals surface area contributed by atoms with Crippen molar-refractivity contribution in [2.24, 2.45) is 0 Å². The first-order valence-electron chi connectivity index (χ1n) is 9.37. The number of anilines is 1. The number of aryl methyl sites for hydroxylation is 1. The summed E-state index contributed by atoms with van der Waals surface area (Å²) in [6.07, 6.45) is 0. The molecule has 3 aromatic carbocycles. The summed E-state index contributed by atoms with van der Waals surface area (Å²) in [6, 6.07) is 20.8. The normalized spacial score (nSPS) is 11.3. The number of hydrogen-bond acceptors (Lipinski definition) is 4. The Hall–Kier alpha value is -3.16. The molecule has 7 heteroatoms. The number of methoxy groups -OCH3 is 1. The van der Waals surface area contributed by atoms with Crippen molar-refractivity contribution in [1.29, 1.82) is 0 Å². The highest BCUT2D eigenvalue weighted by Gasteiger charge is 2.22. The molecule has 6 nitrogen and oxygen atoms in total. The molecule has 1 amide bonds. The van der Waals surface area contributed by atoms with Crippen LogP contribution in [0.5, 0.6) is 5.75 Å². The second kappa shape index (κ2) is 9.11. The third kappa shape index (κ3) is 4.87. The lowest BCUT2D eigenvalue weighted by Crippen LogP contribution is -2.27. The number of hydrogen-bond donors (Lipinski definition) is 1. The SMILES string of the molecule is COc1ccc(C(=O)Nc2ccccc2)cc1CN(C)S(=O)(=O)c1ccc(C)cc1. The van der Waals surface area contributed by atoms with E-state index in [1.807, 2.05) is 25.1 Å². The molecule has 0 heterocycles. The van der Waals surface area contributed by atoms with E-state index in [0.717, 1.165) is 5.56 Å². The second-order valence-electron chi connectivity index (χ2n) is 6.92. The minimum atomic E-state index is -3.68. The summed E-state index contributed by atoms with van der Waals surface area (Å²) in [6.45, 7) is 1.96. The minimum Gasteiger partial charge on any atom is -0.496 e. The number of sulfonamides is 1. The van der Waals surface area contributed by atoms with Gasteiger partial charge in [-0.05, 0) is 49.4 Å². The quantitative estimate of drug-likeness (QED) is 0.620. The van der Waals surface area contributed by atoms with E-state index >= 15 is 0 Å². The lowest BCUT2D eigenvalue weighted by molar-refractivity contribution is 0.102. The molecule has 0 saturated heterocycles. The monoisotopic (exact) mass is 424 g/mol. The number of nitrogens with zero attached hydrogens (tertiary/aromatic N) is 1. The van der Waals surface area contributed by atoms with Crippen LogP contribution in [0.15, 0.2) is 77.7 Å². The molecule has 0 radical (unpaired) electrons. The van der Waals surface area contributed by atoms with E-state index in [-0.39, 0.29) is 17.3 Å². The molecular formula is C23H24N2O4S. The van der Waals surface area contributed by atoms with E-state index in [1.165, 1.54) is 18.5 Å². The Bertz CT molecular complexity index is 1130. The fourth-order valence-electron chi connectivity index (χ4n) is 2.98. The van der Waals surface area contributed by atoms with E-state index in [9.17, 15) is 13.2 Å². The maximum Gasteiger partial charge on any atom is 0.255 e. The van der Waals surface area contributed by atoms with E-state index < -0.39 is 10.0 Å². The Morgan fingerprint density at radius 2 is 1.67 bits per heavy atom. The zero-order valence-corrected chi connectivity index (χ0v) is 17.9. The van der Waals surface area contributed by atoms with Gasteiger partial charge >= 0.3 is 0 Å². The second-order valence-corrected chi connectivity index (χ2v) is 8.97. The molecule has 0 aliphatic carbocycles. The topological polar surface area (TPSA) is 75.7 Å². The number of ether oxygens (including phenoxy) is 1. The van der Waals surface area contributed by atoms with Crippen LogP contribution in [0.4, 0.5) is 5.69 Å². The van der Waals surface area contributed by atoms with E-state index in [4.69, 9.17) is 4.74 Å². The maximum absolute atomic E-state index is 12.9. The summed E-state index contributed by atoms with van der Waals surface area (Å²) < 4.78 is 32.5. The van der Waals surface area contributed by atoms with Gasteiger partial charge in [0, 0.05) is 30.4 Å². The average molecular weight is 425 g/mol. The van der Waals surface area contributed by atoms with E-state index in [2.05, 4.69) is 5.32 Å². The highest BCUT2D eigenvalue weighted by atomic mass is 32.2. The summed E-state index contributed by atoms with van der Waals surface area (Å²) >= 11 is 0. The molecule has 0 saturated carbocycles. The number of nitrogens with one attached hydrogen (secondary N) is 1. The molecule has 3 aromatic rings. The van der Waals surface area contributed by atoms with E-state index in [1.54, 1.807) is 54.6 Å². The smallest absolute Gasteiger partial charge is 0.255 e. The number of carbonyl (C=O) groups excluding carboxylic acids is 1. The van der Waals surface area contributed by atoms with Gasteiger partial charge in [0.1, 0.15) is 5.75 Å². The molecule has 0 atom stereocenters. The van der Waals surface area contributed by atoms with Gasteiger partial charge in [-0.3, -0.25) is 4.79 Å². The Labute approximate surface area is 177 Å². The van der Waals surface area contributed by atoms with Crippen LogP contribution in [0.2, 0.25) is 0 Å². The van der Waals surface area contributed by atoms with Crippen molar-refractivity contribution >= 4 is 21.6 Å². The van der Waals surface area contributed by atoms with Gasteiger partial charge in [0.15, 0.2) is 0 Å². The van der Waals surface area contributed by atoms with Crippen molar-refractivity contribution in [1.82, 2.24) is 4.31 Å². The van der Waals surface area contributed by atoms with Gasteiger partial charge in [0.25, 0.3) is 5.91 Å². The van der Waals surface area contributed by atoms with Crippen LogP contribution in [-0.2, 0) is 16.6 Å². The molecule has 0 unspecified atom stereocenters. The first-order valence-corrected chi connectivity index (χ1v) is 10.8. The van der Waals surface area contributed by atoms with Crippen LogP contribution in [0.1, 0.15) is 21.5 Å². The van der Waals surface area contributed by atoms with Crippen molar-refractivity contribution in [2.75, 3.05) is 19.5 Å². The van der Waals surface area contributed by atoms with Crippen LogP contribution in [0, 0.1) is 6.92 Å². The lowest BCUT2D eigenvalue weighted by atomic mass is 10.1. The van der Waals surface area contributed by atoms with E-state index in [0.29, 0.717) is 22.6 Å². The molecule has 0 bridgehead atoms. The molecule has 156 valence electrons. The maximum atomic E-state index is 12.9. The Morgan fingerprint density at radius 1 is 1.00 bits per heavy atom. The third-order valence-corrected chi connectivity index (χ3v) is 6.51. The number of rotatable bonds is 7. The molecule has 30 heavy (non-hydrogen) atoms. The Balaban J connectivity index is 1.84. The predicted molar refractivity (Wildman–Crippen MR) is 117 cm³/mol. The van der Waals surface area contributed by atoms with Crippen LogP contribution in [-0.4, -0.2) is 32.8 Å². The number of carbonyl (C=O) groups is 1. The van der Waals surface area contributed by atoms with Crippen molar-refractivity contribution in [2.45, 2.75) is 18.4 Å². The zero-order chi connectivity index (χ0) is 21.7. The molecule has 0 aliphatic rings. The van der Waals surface area contributed by atoms with Crippen molar-refractivity contribution in [3.05, 3.63) is 89.5 Å². The molecule has 1 N–H and O–H groups in total.